The lowest BCUT2D eigenvalue weighted by Gasteiger charge is -2.22. The summed E-state index contributed by atoms with van der Waals surface area (Å²) in [5.74, 6) is -0.461. The van der Waals surface area contributed by atoms with Gasteiger partial charge in [-0.3, -0.25) is 4.79 Å². The van der Waals surface area contributed by atoms with Gasteiger partial charge in [-0.1, -0.05) is 40.2 Å². The van der Waals surface area contributed by atoms with Gasteiger partial charge in [0.2, 0.25) is 0 Å². The summed E-state index contributed by atoms with van der Waals surface area (Å²) in [6, 6.07) is 22.7. The van der Waals surface area contributed by atoms with E-state index >= 15 is 0 Å². The summed E-state index contributed by atoms with van der Waals surface area (Å²) in [6.45, 7) is 3.47. The highest BCUT2D eigenvalue weighted by atomic mass is 79.9. The van der Waals surface area contributed by atoms with E-state index in [9.17, 15) is 13.2 Å². The first-order valence-corrected chi connectivity index (χ1v) is 13.3. The zero-order valence-electron chi connectivity index (χ0n) is 19.7. The van der Waals surface area contributed by atoms with Crippen molar-refractivity contribution in [3.63, 3.8) is 0 Å². The molecule has 0 saturated carbocycles. The Labute approximate surface area is 218 Å². The molecule has 0 aliphatic carbocycles. The van der Waals surface area contributed by atoms with E-state index in [0.29, 0.717) is 0 Å². The van der Waals surface area contributed by atoms with Crippen LogP contribution in [0.25, 0.3) is 5.69 Å². The summed E-state index contributed by atoms with van der Waals surface area (Å²) in [7, 11) is -4.02. The molecular weight excluding hydrogens is 542 g/mol. The number of hydrogen-bond donors (Lipinski definition) is 1. The van der Waals surface area contributed by atoms with Gasteiger partial charge in [0.25, 0.3) is 15.9 Å². The van der Waals surface area contributed by atoms with Crippen LogP contribution >= 0.6 is 15.9 Å². The zero-order chi connectivity index (χ0) is 25.7. The fourth-order valence-electron chi connectivity index (χ4n) is 3.76. The maximum absolute atomic E-state index is 13.3. The molecule has 184 valence electrons. The minimum atomic E-state index is -4.02. The van der Waals surface area contributed by atoms with E-state index in [1.54, 1.807) is 36.5 Å². The molecule has 0 bridgehead atoms. The normalized spacial score (nSPS) is 11.5. The molecule has 10 heteroatoms. The number of rotatable bonds is 8. The minimum Gasteiger partial charge on any atom is -0.318 e. The van der Waals surface area contributed by atoms with Crippen molar-refractivity contribution in [3.8, 4) is 5.69 Å². The van der Waals surface area contributed by atoms with Crippen LogP contribution in [0.2, 0.25) is 0 Å². The van der Waals surface area contributed by atoms with Crippen molar-refractivity contribution >= 4 is 43.9 Å². The monoisotopic (exact) mass is 565 g/mol. The average Bonchev–Trinajstić information content (AvgIpc) is 3.16. The van der Waals surface area contributed by atoms with Gasteiger partial charge in [-0.05, 0) is 68.4 Å². The molecule has 4 aromatic rings. The number of benzene rings is 2. The van der Waals surface area contributed by atoms with Gasteiger partial charge in [0, 0.05) is 33.3 Å². The molecule has 0 aliphatic heterocycles. The quantitative estimate of drug-likeness (QED) is 0.249. The number of amides is 1. The lowest BCUT2D eigenvalue weighted by molar-refractivity contribution is -0.119. The Morgan fingerprint density at radius 2 is 1.75 bits per heavy atom. The van der Waals surface area contributed by atoms with Gasteiger partial charge in [-0.2, -0.15) is 5.10 Å². The smallest absolute Gasteiger partial charge is 0.265 e. The van der Waals surface area contributed by atoms with Crippen LogP contribution in [0.4, 0.5) is 5.82 Å². The van der Waals surface area contributed by atoms with Crippen LogP contribution in [0, 0.1) is 13.8 Å². The van der Waals surface area contributed by atoms with Crippen molar-refractivity contribution in [2.45, 2.75) is 18.7 Å². The number of anilines is 1. The van der Waals surface area contributed by atoms with Crippen LogP contribution < -0.4 is 9.73 Å². The molecule has 8 nitrogen and oxygen atoms in total. The Hall–Kier alpha value is -3.76. The van der Waals surface area contributed by atoms with Crippen LogP contribution in [-0.2, 0) is 14.8 Å². The van der Waals surface area contributed by atoms with E-state index in [-0.39, 0.29) is 10.7 Å². The Kier molecular flexibility index (Phi) is 7.66. The molecule has 0 saturated heterocycles. The third kappa shape index (κ3) is 5.55. The van der Waals surface area contributed by atoms with Crippen molar-refractivity contribution < 1.29 is 13.2 Å². The largest absolute Gasteiger partial charge is 0.318 e. The van der Waals surface area contributed by atoms with Crippen LogP contribution in [0.5, 0.6) is 0 Å². The lowest BCUT2D eigenvalue weighted by Crippen LogP contribution is -2.40. The summed E-state index contributed by atoms with van der Waals surface area (Å²) in [6.07, 6.45) is 3.02. The second-order valence-corrected chi connectivity index (χ2v) is 10.7. The van der Waals surface area contributed by atoms with E-state index in [2.05, 4.69) is 36.0 Å². The molecule has 2 aromatic heterocycles. The van der Waals surface area contributed by atoms with Gasteiger partial charge in [-0.25, -0.2) is 23.1 Å². The van der Waals surface area contributed by atoms with E-state index < -0.39 is 22.5 Å². The summed E-state index contributed by atoms with van der Waals surface area (Å²) >= 11 is 3.45. The SMILES string of the molecule is Cc1cc(/C=N\NC(=O)CN(c2ccccn2)S(=O)(=O)c2ccccc2)c(C)n1-c1ccc(Br)cc1. The van der Waals surface area contributed by atoms with E-state index in [1.165, 1.54) is 24.4 Å². The fraction of sp³-hybridized carbons (Fsp3) is 0.115. The van der Waals surface area contributed by atoms with Crippen molar-refractivity contribution in [1.29, 1.82) is 0 Å². The van der Waals surface area contributed by atoms with Crippen molar-refractivity contribution in [1.82, 2.24) is 15.0 Å². The molecule has 0 unspecified atom stereocenters. The first-order valence-electron chi connectivity index (χ1n) is 11.0. The molecule has 0 atom stereocenters. The molecule has 0 fully saturated rings. The van der Waals surface area contributed by atoms with Gasteiger partial charge in [-0.15, -0.1) is 0 Å². The molecule has 1 amide bonds. The molecule has 2 heterocycles. The number of nitrogens with one attached hydrogen (secondary N) is 1. The molecule has 0 radical (unpaired) electrons. The number of sulfonamides is 1. The molecule has 4 rings (SSSR count). The molecule has 0 aliphatic rings. The summed E-state index contributed by atoms with van der Waals surface area (Å²) in [4.78, 5) is 16.9. The minimum absolute atomic E-state index is 0.0623. The lowest BCUT2D eigenvalue weighted by atomic mass is 10.2. The first kappa shape index (κ1) is 25.3. The van der Waals surface area contributed by atoms with Crippen LogP contribution in [-0.4, -0.2) is 36.6 Å². The van der Waals surface area contributed by atoms with Gasteiger partial charge in [0.1, 0.15) is 12.4 Å². The van der Waals surface area contributed by atoms with Crippen molar-refractivity contribution in [3.05, 3.63) is 106 Å². The number of aromatic nitrogens is 2. The average molecular weight is 566 g/mol. The summed E-state index contributed by atoms with van der Waals surface area (Å²) < 4.78 is 30.6. The molecular formula is C26H24BrN5O3S. The Morgan fingerprint density at radius 3 is 2.42 bits per heavy atom. The van der Waals surface area contributed by atoms with Gasteiger partial charge in [0.15, 0.2) is 0 Å². The Morgan fingerprint density at radius 1 is 1.06 bits per heavy atom. The number of aryl methyl sites for hydroxylation is 1. The van der Waals surface area contributed by atoms with Crippen LogP contribution in [0.1, 0.15) is 17.0 Å². The third-order valence-corrected chi connectivity index (χ3v) is 7.76. The number of carbonyl (C=O) groups is 1. The number of pyridine rings is 1. The van der Waals surface area contributed by atoms with Crippen molar-refractivity contribution in [2.75, 3.05) is 10.8 Å². The maximum Gasteiger partial charge on any atom is 0.265 e. The first-order chi connectivity index (χ1) is 17.3. The van der Waals surface area contributed by atoms with Crippen molar-refractivity contribution in [2.24, 2.45) is 5.10 Å². The van der Waals surface area contributed by atoms with Gasteiger partial charge >= 0.3 is 0 Å². The zero-order valence-corrected chi connectivity index (χ0v) is 22.1. The topological polar surface area (TPSA) is 96.7 Å². The standard InChI is InChI=1S/C26H24BrN5O3S/c1-19-16-21(20(2)32(19)23-13-11-22(27)12-14-23)17-29-30-26(33)18-31(25-10-6-7-15-28-25)36(34,35)24-8-4-3-5-9-24/h3-17H,18H2,1-2H3,(H,30,33)/b29-17-. The molecule has 36 heavy (non-hydrogen) atoms. The van der Waals surface area contributed by atoms with Crippen LogP contribution in [0.15, 0.2) is 99.5 Å². The predicted molar refractivity (Wildman–Crippen MR) is 144 cm³/mol. The number of hydrogen-bond acceptors (Lipinski definition) is 5. The highest BCUT2D eigenvalue weighted by Crippen LogP contribution is 2.22. The fourth-order valence-corrected chi connectivity index (χ4v) is 5.42. The Balaban J connectivity index is 1.52. The van der Waals surface area contributed by atoms with Gasteiger partial charge in [0.05, 0.1) is 11.1 Å². The summed E-state index contributed by atoms with van der Waals surface area (Å²) in [5.41, 5.74) is 6.24. The van der Waals surface area contributed by atoms with Crippen LogP contribution in [0.3, 0.4) is 0 Å². The third-order valence-electron chi connectivity index (χ3n) is 5.47. The number of carbonyl (C=O) groups excluding carboxylic acids is 1. The van der Waals surface area contributed by atoms with E-state index in [1.807, 2.05) is 44.2 Å². The number of hydrazone groups is 1. The number of nitrogens with zero attached hydrogens (tertiary/aromatic N) is 4. The maximum atomic E-state index is 13.3. The second kappa shape index (κ2) is 10.9. The Bertz CT molecular complexity index is 1490. The summed E-state index contributed by atoms with van der Waals surface area (Å²) in [5, 5.41) is 4.08. The molecule has 0 spiro atoms. The van der Waals surface area contributed by atoms with E-state index in [4.69, 9.17) is 0 Å². The molecule has 1 N–H and O–H groups in total. The second-order valence-electron chi connectivity index (χ2n) is 7.94. The highest BCUT2D eigenvalue weighted by molar-refractivity contribution is 9.10. The molecule has 2 aromatic carbocycles. The number of halogens is 1. The van der Waals surface area contributed by atoms with Gasteiger partial charge < -0.3 is 4.57 Å². The highest BCUT2D eigenvalue weighted by Gasteiger charge is 2.27. The predicted octanol–water partition coefficient (Wildman–Crippen LogP) is 4.60. The van der Waals surface area contributed by atoms with E-state index in [0.717, 1.165) is 31.4 Å².